The molecule has 0 saturated heterocycles. The molecule has 0 aromatic heterocycles. The van der Waals surface area contributed by atoms with Crippen molar-refractivity contribution >= 4 is 11.6 Å². The minimum Gasteiger partial charge on any atom is -0.362 e. The summed E-state index contributed by atoms with van der Waals surface area (Å²) in [6.45, 7) is 11.4. The van der Waals surface area contributed by atoms with E-state index in [4.69, 9.17) is 0 Å². The highest BCUT2D eigenvalue weighted by atomic mass is 19.4. The van der Waals surface area contributed by atoms with Crippen LogP contribution in [0.2, 0.25) is 0 Å². The number of anilines is 1. The number of amides is 1. The van der Waals surface area contributed by atoms with Crippen LogP contribution in [0, 0.1) is 5.82 Å². The number of alkyl halides is 5. The number of hydrogen-bond acceptors (Lipinski definition) is 3. The van der Waals surface area contributed by atoms with E-state index in [0.29, 0.717) is 13.0 Å². The van der Waals surface area contributed by atoms with Crippen LogP contribution in [0.5, 0.6) is 0 Å². The van der Waals surface area contributed by atoms with Crippen LogP contribution in [0.4, 0.5) is 32.0 Å². The average Bonchev–Trinajstić information content (AvgIpc) is 3.74. The van der Waals surface area contributed by atoms with E-state index in [1.54, 1.807) is 18.0 Å². The van der Waals surface area contributed by atoms with E-state index < -0.39 is 59.9 Å². The number of hydrogen-bond donors (Lipinski definition) is 1. The fourth-order valence-electron chi connectivity index (χ4n) is 5.22. The fraction of sp³-hybridized carbons (Fsp3) is 0.516. The second-order valence-electron chi connectivity index (χ2n) is 10.8. The smallest absolute Gasteiger partial charge is 0.362 e. The van der Waals surface area contributed by atoms with Gasteiger partial charge in [0.2, 0.25) is 11.8 Å². The molecule has 3 rings (SSSR count). The van der Waals surface area contributed by atoms with E-state index in [2.05, 4.69) is 18.5 Å². The van der Waals surface area contributed by atoms with Crippen LogP contribution in [0.15, 0.2) is 66.6 Å². The van der Waals surface area contributed by atoms with Crippen molar-refractivity contribution in [2.45, 2.75) is 88.9 Å². The molecule has 1 N–H and O–H groups in total. The lowest BCUT2D eigenvalue weighted by molar-refractivity contribution is -0.123. The molecule has 1 amide bonds. The van der Waals surface area contributed by atoms with Crippen LogP contribution in [0.3, 0.4) is 0 Å². The number of rotatable bonds is 12. The molecule has 10 heteroatoms. The molecule has 0 heterocycles. The minimum absolute atomic E-state index is 0.0410. The topological polar surface area (TPSA) is 35.6 Å². The number of halogens is 6. The second-order valence-corrected chi connectivity index (χ2v) is 10.8. The van der Waals surface area contributed by atoms with Gasteiger partial charge in [0.1, 0.15) is 17.7 Å². The Morgan fingerprint density at radius 1 is 1.20 bits per heavy atom. The number of nitrogens with zero attached hydrogens (tertiary/aromatic N) is 2. The fourth-order valence-corrected chi connectivity index (χ4v) is 5.22. The lowest BCUT2D eigenvalue weighted by Gasteiger charge is -2.40. The first-order valence-corrected chi connectivity index (χ1v) is 14.0. The van der Waals surface area contributed by atoms with Gasteiger partial charge in [-0.1, -0.05) is 44.4 Å². The standard InChI is InChI=1S/C31H39F6N3O/c1-6-9-25(31(35,36)37)24(8-3)28(29(41)38-23-14-16-30(33,34)17-15-23)40(20(4)39(5)18-7-2)27-13-12-22(19-26(27)32)21-10-11-21/h6,8-9,12-13,19,21,23,28H,3-4,7,10-11,14-18H2,1-2,5H3,(H,38,41)/b9-6-,25-24-. The van der Waals surface area contributed by atoms with Crippen LogP contribution in [-0.2, 0) is 4.79 Å². The summed E-state index contributed by atoms with van der Waals surface area (Å²) in [6, 6.07) is 2.08. The Morgan fingerprint density at radius 2 is 1.83 bits per heavy atom. The van der Waals surface area contributed by atoms with Crippen molar-refractivity contribution in [3.63, 3.8) is 0 Å². The van der Waals surface area contributed by atoms with E-state index in [1.165, 1.54) is 30.0 Å². The molecule has 1 aromatic rings. The summed E-state index contributed by atoms with van der Waals surface area (Å²) in [5.74, 6) is -4.15. The van der Waals surface area contributed by atoms with Gasteiger partial charge in [-0.15, -0.1) is 0 Å². The SMILES string of the molecule is C=C/C(=C(\C=C/C)C(F)(F)F)C(C(=O)NC1CCC(F)(F)CC1)N(C(=C)N(C)CCC)c1ccc(C2CC2)cc1F. The number of allylic oxidation sites excluding steroid dienone is 3. The Morgan fingerprint density at radius 3 is 2.32 bits per heavy atom. The maximum Gasteiger partial charge on any atom is 0.416 e. The quantitative estimate of drug-likeness (QED) is 0.200. The summed E-state index contributed by atoms with van der Waals surface area (Å²) in [5, 5.41) is 2.69. The number of carbonyl (C=O) groups is 1. The molecule has 2 aliphatic rings. The highest BCUT2D eigenvalue weighted by Crippen LogP contribution is 2.42. The molecule has 1 aromatic carbocycles. The Hall–Kier alpha value is -3.17. The molecule has 2 aliphatic carbocycles. The van der Waals surface area contributed by atoms with Crippen LogP contribution < -0.4 is 10.2 Å². The van der Waals surface area contributed by atoms with Crippen molar-refractivity contribution in [2.75, 3.05) is 18.5 Å². The summed E-state index contributed by atoms with van der Waals surface area (Å²) >= 11 is 0. The van der Waals surface area contributed by atoms with Crippen molar-refractivity contribution in [1.29, 1.82) is 0 Å². The highest BCUT2D eigenvalue weighted by Gasteiger charge is 2.43. The lowest BCUT2D eigenvalue weighted by Crippen LogP contribution is -2.53. The third-order valence-corrected chi connectivity index (χ3v) is 7.59. The summed E-state index contributed by atoms with van der Waals surface area (Å²) < 4.78 is 86.6. The summed E-state index contributed by atoms with van der Waals surface area (Å²) in [5.41, 5.74) is -0.992. The van der Waals surface area contributed by atoms with Crippen molar-refractivity contribution < 1.29 is 31.1 Å². The minimum atomic E-state index is -4.88. The number of benzene rings is 1. The summed E-state index contributed by atoms with van der Waals surface area (Å²) in [4.78, 5) is 16.8. The van der Waals surface area contributed by atoms with E-state index in [0.717, 1.165) is 30.6 Å². The van der Waals surface area contributed by atoms with Crippen LogP contribution in [0.1, 0.15) is 70.3 Å². The van der Waals surface area contributed by atoms with Gasteiger partial charge < -0.3 is 15.1 Å². The maximum absolute atomic E-state index is 15.8. The summed E-state index contributed by atoms with van der Waals surface area (Å²) in [6.07, 6.45) is -0.408. The Kier molecular flexibility index (Phi) is 10.4. The van der Waals surface area contributed by atoms with Crippen molar-refractivity contribution in [1.82, 2.24) is 10.2 Å². The molecule has 1 atom stereocenters. The highest BCUT2D eigenvalue weighted by molar-refractivity contribution is 5.91. The van der Waals surface area contributed by atoms with Gasteiger partial charge in [-0.25, -0.2) is 13.2 Å². The van der Waals surface area contributed by atoms with Crippen molar-refractivity contribution in [3.8, 4) is 0 Å². The summed E-state index contributed by atoms with van der Waals surface area (Å²) in [7, 11) is 1.65. The zero-order valence-electron chi connectivity index (χ0n) is 23.8. The molecule has 0 aliphatic heterocycles. The molecule has 0 spiro atoms. The third-order valence-electron chi connectivity index (χ3n) is 7.59. The monoisotopic (exact) mass is 583 g/mol. The van der Waals surface area contributed by atoms with Crippen LogP contribution >= 0.6 is 0 Å². The molecule has 1 unspecified atom stereocenters. The normalized spacial score (nSPS) is 19.0. The first kappa shape index (κ1) is 32.3. The Labute approximate surface area is 238 Å². The van der Waals surface area contributed by atoms with Gasteiger partial charge in [-0.3, -0.25) is 4.79 Å². The molecule has 41 heavy (non-hydrogen) atoms. The molecule has 4 nitrogen and oxygen atoms in total. The van der Waals surface area contributed by atoms with Gasteiger partial charge >= 0.3 is 6.18 Å². The molecular weight excluding hydrogens is 544 g/mol. The maximum atomic E-state index is 15.8. The largest absolute Gasteiger partial charge is 0.416 e. The molecule has 2 saturated carbocycles. The molecule has 0 bridgehead atoms. The second kappa shape index (κ2) is 13.2. The number of nitrogens with one attached hydrogen (secondary N) is 1. The number of carbonyl (C=O) groups excluding carboxylic acids is 1. The van der Waals surface area contributed by atoms with Gasteiger partial charge in [0, 0.05) is 32.5 Å². The van der Waals surface area contributed by atoms with E-state index in [9.17, 15) is 26.7 Å². The predicted octanol–water partition coefficient (Wildman–Crippen LogP) is 8.01. The van der Waals surface area contributed by atoms with Crippen LogP contribution in [0.25, 0.3) is 0 Å². The first-order chi connectivity index (χ1) is 19.2. The van der Waals surface area contributed by atoms with Gasteiger partial charge in [-0.2, -0.15) is 13.2 Å². The zero-order chi connectivity index (χ0) is 30.5. The van der Waals surface area contributed by atoms with Gasteiger partial charge in [0.15, 0.2) is 0 Å². The molecule has 226 valence electrons. The van der Waals surface area contributed by atoms with Gasteiger partial charge in [0.05, 0.1) is 11.3 Å². The Bertz CT molecular complexity index is 1170. The van der Waals surface area contributed by atoms with Crippen molar-refractivity contribution in [3.05, 3.63) is 77.9 Å². The third kappa shape index (κ3) is 7.98. The predicted molar refractivity (Wildman–Crippen MR) is 150 cm³/mol. The van der Waals surface area contributed by atoms with Crippen molar-refractivity contribution in [2.24, 2.45) is 0 Å². The average molecular weight is 584 g/mol. The Balaban J connectivity index is 2.22. The van der Waals surface area contributed by atoms with E-state index in [1.807, 2.05) is 6.92 Å². The van der Waals surface area contributed by atoms with E-state index >= 15 is 4.39 Å². The van der Waals surface area contributed by atoms with Gasteiger partial charge in [0.25, 0.3) is 0 Å². The van der Waals surface area contributed by atoms with E-state index in [-0.39, 0.29) is 30.3 Å². The zero-order valence-corrected chi connectivity index (χ0v) is 23.8. The molecule has 2 fully saturated rings. The first-order valence-electron chi connectivity index (χ1n) is 14.0. The lowest BCUT2D eigenvalue weighted by atomic mass is 9.91. The molecular formula is C31H39F6N3O. The van der Waals surface area contributed by atoms with Gasteiger partial charge in [-0.05, 0) is 68.2 Å². The molecule has 0 radical (unpaired) electrons. The van der Waals surface area contributed by atoms with Crippen LogP contribution in [-0.4, -0.2) is 48.6 Å².